The molecule has 0 spiro atoms. The van der Waals surface area contributed by atoms with Crippen LogP contribution >= 0.6 is 0 Å². The van der Waals surface area contributed by atoms with Gasteiger partial charge in [0.25, 0.3) is 0 Å². The Morgan fingerprint density at radius 2 is 2.12 bits per heavy atom. The SMILES string of the molecule is Cn1ncc2c(NC[C@H]([C@@H]3CCOC3)N3CCOCC3)ncnc21. The predicted molar refractivity (Wildman–Crippen MR) is 89.9 cm³/mol. The van der Waals surface area contributed by atoms with E-state index in [9.17, 15) is 0 Å². The van der Waals surface area contributed by atoms with Crippen molar-refractivity contribution in [3.8, 4) is 0 Å². The summed E-state index contributed by atoms with van der Waals surface area (Å²) in [5, 5.41) is 8.77. The van der Waals surface area contributed by atoms with Crippen LogP contribution in [0.15, 0.2) is 12.5 Å². The fourth-order valence-electron chi connectivity index (χ4n) is 3.66. The molecule has 4 rings (SSSR count). The maximum atomic E-state index is 5.63. The van der Waals surface area contributed by atoms with Gasteiger partial charge in [-0.15, -0.1) is 0 Å². The fourth-order valence-corrected chi connectivity index (χ4v) is 3.66. The molecule has 0 aliphatic carbocycles. The Morgan fingerprint density at radius 3 is 2.92 bits per heavy atom. The van der Waals surface area contributed by atoms with Crippen LogP contribution in [0.25, 0.3) is 11.0 Å². The summed E-state index contributed by atoms with van der Waals surface area (Å²) in [6, 6.07) is 0.429. The topological polar surface area (TPSA) is 77.3 Å². The summed E-state index contributed by atoms with van der Waals surface area (Å²) in [5.74, 6) is 1.41. The molecule has 2 atom stereocenters. The Labute approximate surface area is 141 Å². The summed E-state index contributed by atoms with van der Waals surface area (Å²) < 4.78 is 12.9. The van der Waals surface area contributed by atoms with Crippen molar-refractivity contribution in [1.82, 2.24) is 24.6 Å². The Bertz CT molecular complexity index is 678. The summed E-state index contributed by atoms with van der Waals surface area (Å²) >= 11 is 0. The number of hydrogen-bond acceptors (Lipinski definition) is 7. The van der Waals surface area contributed by atoms with Crippen LogP contribution in [0.4, 0.5) is 5.82 Å². The fraction of sp³-hybridized carbons (Fsp3) is 0.688. The highest BCUT2D eigenvalue weighted by Gasteiger charge is 2.31. The van der Waals surface area contributed by atoms with Gasteiger partial charge in [0.15, 0.2) is 5.65 Å². The number of hydrogen-bond donors (Lipinski definition) is 1. The first-order chi connectivity index (χ1) is 11.8. The molecule has 130 valence electrons. The lowest BCUT2D eigenvalue weighted by molar-refractivity contribution is 0.00460. The van der Waals surface area contributed by atoms with Gasteiger partial charge in [0, 0.05) is 45.2 Å². The van der Waals surface area contributed by atoms with E-state index in [1.165, 1.54) is 0 Å². The van der Waals surface area contributed by atoms with Gasteiger partial charge in [0.1, 0.15) is 12.1 Å². The van der Waals surface area contributed by atoms with Gasteiger partial charge in [0.2, 0.25) is 0 Å². The molecule has 4 heterocycles. The van der Waals surface area contributed by atoms with Crippen molar-refractivity contribution in [2.75, 3.05) is 51.4 Å². The van der Waals surface area contributed by atoms with Crippen LogP contribution in [0.1, 0.15) is 6.42 Å². The molecule has 2 aromatic heterocycles. The molecule has 0 amide bonds. The molecule has 0 aromatic carbocycles. The molecule has 0 unspecified atom stereocenters. The van der Waals surface area contributed by atoms with Gasteiger partial charge in [-0.1, -0.05) is 0 Å². The zero-order valence-electron chi connectivity index (χ0n) is 14.0. The lowest BCUT2D eigenvalue weighted by Crippen LogP contribution is -2.50. The van der Waals surface area contributed by atoms with E-state index in [2.05, 4.69) is 25.3 Å². The second kappa shape index (κ2) is 7.00. The van der Waals surface area contributed by atoms with E-state index in [1.807, 2.05) is 13.2 Å². The third kappa shape index (κ3) is 3.09. The van der Waals surface area contributed by atoms with Crippen LogP contribution in [0, 0.1) is 5.92 Å². The molecule has 24 heavy (non-hydrogen) atoms. The number of nitrogens with one attached hydrogen (secondary N) is 1. The zero-order chi connectivity index (χ0) is 16.4. The number of ether oxygens (including phenoxy) is 2. The van der Waals surface area contributed by atoms with Gasteiger partial charge in [0.05, 0.1) is 31.4 Å². The average Bonchev–Trinajstić information content (AvgIpc) is 3.27. The van der Waals surface area contributed by atoms with Crippen LogP contribution in [-0.4, -0.2) is 76.8 Å². The molecule has 2 fully saturated rings. The summed E-state index contributed by atoms with van der Waals surface area (Å²) in [7, 11) is 1.89. The number of morpholine rings is 1. The molecule has 0 saturated carbocycles. The minimum atomic E-state index is 0.429. The number of rotatable bonds is 5. The van der Waals surface area contributed by atoms with Crippen molar-refractivity contribution in [2.45, 2.75) is 12.5 Å². The van der Waals surface area contributed by atoms with Gasteiger partial charge in [-0.25, -0.2) is 9.97 Å². The first-order valence-electron chi connectivity index (χ1n) is 8.59. The van der Waals surface area contributed by atoms with Crippen LogP contribution < -0.4 is 5.32 Å². The zero-order valence-corrected chi connectivity index (χ0v) is 14.0. The van der Waals surface area contributed by atoms with Crippen molar-refractivity contribution >= 4 is 16.9 Å². The second-order valence-electron chi connectivity index (χ2n) is 6.45. The van der Waals surface area contributed by atoms with Crippen molar-refractivity contribution in [3.63, 3.8) is 0 Å². The highest BCUT2D eigenvalue weighted by Crippen LogP contribution is 2.24. The number of aromatic nitrogens is 4. The second-order valence-corrected chi connectivity index (χ2v) is 6.45. The Kier molecular flexibility index (Phi) is 4.59. The largest absolute Gasteiger partial charge is 0.381 e. The molecule has 8 heteroatoms. The van der Waals surface area contributed by atoms with Gasteiger partial charge in [-0.2, -0.15) is 5.10 Å². The lowest BCUT2D eigenvalue weighted by Gasteiger charge is -2.37. The normalized spacial score (nSPS) is 23.6. The quantitative estimate of drug-likeness (QED) is 0.855. The number of aryl methyl sites for hydroxylation is 1. The molecule has 1 N–H and O–H groups in total. The third-order valence-electron chi connectivity index (χ3n) is 5.03. The Morgan fingerprint density at radius 1 is 1.25 bits per heavy atom. The monoisotopic (exact) mass is 332 g/mol. The van der Waals surface area contributed by atoms with Crippen molar-refractivity contribution < 1.29 is 9.47 Å². The minimum Gasteiger partial charge on any atom is -0.381 e. The number of nitrogens with zero attached hydrogens (tertiary/aromatic N) is 5. The van der Waals surface area contributed by atoms with Crippen LogP contribution in [0.3, 0.4) is 0 Å². The Hall–Kier alpha value is -1.77. The molecule has 2 aliphatic rings. The van der Waals surface area contributed by atoms with Gasteiger partial charge < -0.3 is 14.8 Å². The van der Waals surface area contributed by atoms with E-state index in [4.69, 9.17) is 9.47 Å². The smallest absolute Gasteiger partial charge is 0.163 e. The van der Waals surface area contributed by atoms with Crippen LogP contribution in [0.2, 0.25) is 0 Å². The van der Waals surface area contributed by atoms with Crippen LogP contribution in [0.5, 0.6) is 0 Å². The van der Waals surface area contributed by atoms with Crippen molar-refractivity contribution in [2.24, 2.45) is 13.0 Å². The summed E-state index contributed by atoms with van der Waals surface area (Å²) in [4.78, 5) is 11.2. The Balaban J connectivity index is 1.51. The summed E-state index contributed by atoms with van der Waals surface area (Å²) in [6.45, 7) is 6.13. The summed E-state index contributed by atoms with van der Waals surface area (Å²) in [5.41, 5.74) is 0.847. The van der Waals surface area contributed by atoms with E-state index >= 15 is 0 Å². The number of anilines is 1. The van der Waals surface area contributed by atoms with Gasteiger partial charge >= 0.3 is 0 Å². The maximum Gasteiger partial charge on any atom is 0.163 e. The standard InChI is InChI=1S/C16H24N6O2/c1-21-16-13(8-20-21)15(18-11-19-16)17-9-14(12-2-5-24-10-12)22-3-6-23-7-4-22/h8,11-12,14H,2-7,9-10H2,1H3,(H,17,18,19)/t12-,14-/m1/s1. The highest BCUT2D eigenvalue weighted by atomic mass is 16.5. The van der Waals surface area contributed by atoms with E-state index in [-0.39, 0.29) is 0 Å². The van der Waals surface area contributed by atoms with E-state index in [0.717, 1.165) is 69.3 Å². The van der Waals surface area contributed by atoms with E-state index < -0.39 is 0 Å². The van der Waals surface area contributed by atoms with E-state index in [0.29, 0.717) is 12.0 Å². The predicted octanol–water partition coefficient (Wildman–Crippen LogP) is 0.513. The average molecular weight is 332 g/mol. The van der Waals surface area contributed by atoms with Gasteiger partial charge in [-0.05, 0) is 6.42 Å². The third-order valence-corrected chi connectivity index (χ3v) is 5.03. The van der Waals surface area contributed by atoms with Gasteiger partial charge in [-0.3, -0.25) is 9.58 Å². The minimum absolute atomic E-state index is 0.429. The van der Waals surface area contributed by atoms with Crippen molar-refractivity contribution in [1.29, 1.82) is 0 Å². The molecule has 2 aliphatic heterocycles. The molecule has 8 nitrogen and oxygen atoms in total. The summed E-state index contributed by atoms with van der Waals surface area (Å²) in [6.07, 6.45) is 4.53. The first-order valence-corrected chi connectivity index (χ1v) is 8.59. The van der Waals surface area contributed by atoms with E-state index in [1.54, 1.807) is 11.0 Å². The van der Waals surface area contributed by atoms with Crippen molar-refractivity contribution in [3.05, 3.63) is 12.5 Å². The molecule has 2 saturated heterocycles. The molecule has 0 radical (unpaired) electrons. The molecular weight excluding hydrogens is 308 g/mol. The molecule has 2 aromatic rings. The van der Waals surface area contributed by atoms with Crippen LogP contribution in [-0.2, 0) is 16.5 Å². The molecular formula is C16H24N6O2. The molecule has 0 bridgehead atoms. The lowest BCUT2D eigenvalue weighted by atomic mass is 9.97. The first kappa shape index (κ1) is 15.7. The number of fused-ring (bicyclic) bond motifs is 1. The highest BCUT2D eigenvalue weighted by molar-refractivity contribution is 5.85. The maximum absolute atomic E-state index is 5.63.